The van der Waals surface area contributed by atoms with Crippen molar-refractivity contribution in [3.05, 3.63) is 65.2 Å². The van der Waals surface area contributed by atoms with Crippen LogP contribution in [-0.2, 0) is 0 Å². The summed E-state index contributed by atoms with van der Waals surface area (Å²) in [6.07, 6.45) is 0. The average Bonchev–Trinajstić information content (AvgIpc) is 2.30. The highest BCUT2D eigenvalue weighted by Crippen LogP contribution is 2.09. The molecule has 0 nitrogen and oxygen atoms in total. The van der Waals surface area contributed by atoms with Crippen molar-refractivity contribution in [1.29, 1.82) is 0 Å². The molecule has 0 aliphatic rings. The van der Waals surface area contributed by atoms with E-state index in [1.54, 1.807) is 0 Å². The molecule has 0 unspecified atom stereocenters. The van der Waals surface area contributed by atoms with Crippen LogP contribution in [0.15, 0.2) is 48.5 Å². The Morgan fingerprint density at radius 3 is 2.06 bits per heavy atom. The minimum atomic E-state index is 0.750. The molecule has 0 heterocycles. The zero-order valence-electron chi connectivity index (χ0n) is 9.70. The summed E-state index contributed by atoms with van der Waals surface area (Å²) >= 11 is 0. The smallest absolute Gasteiger partial charge is 0.0604 e. The van der Waals surface area contributed by atoms with E-state index < -0.39 is 0 Å². The van der Waals surface area contributed by atoms with Gasteiger partial charge in [-0.3, -0.25) is 0 Å². The molecule has 0 aliphatic heterocycles. The third-order valence-electron chi connectivity index (χ3n) is 2.70. The van der Waals surface area contributed by atoms with Gasteiger partial charge in [-0.1, -0.05) is 54.2 Å². The van der Waals surface area contributed by atoms with Crippen molar-refractivity contribution in [1.82, 2.24) is 0 Å². The van der Waals surface area contributed by atoms with Gasteiger partial charge in [0.25, 0.3) is 0 Å². The molecule has 0 aliphatic carbocycles. The molecule has 0 atom stereocenters. The first-order chi connectivity index (χ1) is 7.77. The SMILES string of the molecule is Cc1cccc(C)c1C=[Si]c1ccccc1. The van der Waals surface area contributed by atoms with Gasteiger partial charge < -0.3 is 0 Å². The molecule has 0 saturated carbocycles. The van der Waals surface area contributed by atoms with Gasteiger partial charge >= 0.3 is 0 Å². The van der Waals surface area contributed by atoms with Crippen LogP contribution >= 0.6 is 0 Å². The fraction of sp³-hybridized carbons (Fsp3) is 0.133. The average molecular weight is 223 g/mol. The lowest BCUT2D eigenvalue weighted by Gasteiger charge is -2.03. The van der Waals surface area contributed by atoms with Crippen LogP contribution in [0.4, 0.5) is 0 Å². The van der Waals surface area contributed by atoms with E-state index in [-0.39, 0.29) is 0 Å². The molecule has 0 saturated heterocycles. The van der Waals surface area contributed by atoms with Gasteiger partial charge in [0.05, 0.1) is 9.13 Å². The first kappa shape index (κ1) is 11.0. The maximum absolute atomic E-state index is 2.35. The highest BCUT2D eigenvalue weighted by molar-refractivity contribution is 6.63. The summed E-state index contributed by atoms with van der Waals surface area (Å²) in [6.45, 7) is 4.35. The van der Waals surface area contributed by atoms with Crippen molar-refractivity contribution in [3.8, 4) is 0 Å². The van der Waals surface area contributed by atoms with Crippen LogP contribution in [-0.4, -0.2) is 14.8 Å². The molecule has 0 fully saturated rings. The van der Waals surface area contributed by atoms with Gasteiger partial charge in [0, 0.05) is 0 Å². The summed E-state index contributed by atoms with van der Waals surface area (Å²) in [4.78, 5) is 0. The third-order valence-corrected chi connectivity index (χ3v) is 3.80. The fourth-order valence-electron chi connectivity index (χ4n) is 1.74. The van der Waals surface area contributed by atoms with E-state index in [0.717, 1.165) is 9.13 Å². The Bertz CT molecular complexity index is 478. The molecule has 1 radical (unpaired) electrons. The maximum Gasteiger partial charge on any atom is 0.0604 e. The number of rotatable bonds is 2. The highest BCUT2D eigenvalue weighted by Gasteiger charge is 1.96. The van der Waals surface area contributed by atoms with E-state index in [1.807, 2.05) is 0 Å². The summed E-state index contributed by atoms with van der Waals surface area (Å²) in [7, 11) is 0.750. The van der Waals surface area contributed by atoms with Crippen LogP contribution in [0.5, 0.6) is 0 Å². The summed E-state index contributed by atoms with van der Waals surface area (Å²) in [5.74, 6) is 0. The van der Waals surface area contributed by atoms with Gasteiger partial charge in [0.15, 0.2) is 0 Å². The molecule has 2 rings (SSSR count). The zero-order valence-corrected chi connectivity index (χ0v) is 10.7. The van der Waals surface area contributed by atoms with Crippen molar-refractivity contribution in [2.75, 3.05) is 0 Å². The number of hydrogen-bond acceptors (Lipinski definition) is 0. The molecule has 0 bridgehead atoms. The van der Waals surface area contributed by atoms with E-state index in [9.17, 15) is 0 Å². The quantitative estimate of drug-likeness (QED) is 0.686. The van der Waals surface area contributed by atoms with Crippen LogP contribution in [0.3, 0.4) is 0 Å². The molecular formula is C15H15Si. The first-order valence-corrected chi connectivity index (χ1v) is 6.56. The topological polar surface area (TPSA) is 0 Å². The Morgan fingerprint density at radius 1 is 0.812 bits per heavy atom. The van der Waals surface area contributed by atoms with Crippen molar-refractivity contribution in [3.63, 3.8) is 0 Å². The molecule has 2 aromatic rings. The third kappa shape index (κ3) is 2.55. The Balaban J connectivity index is 2.31. The van der Waals surface area contributed by atoms with Gasteiger partial charge in [0.1, 0.15) is 0 Å². The van der Waals surface area contributed by atoms with Gasteiger partial charge in [-0.15, -0.1) is 0 Å². The van der Waals surface area contributed by atoms with Crippen molar-refractivity contribution >= 4 is 20.0 Å². The minimum Gasteiger partial charge on any atom is -0.0689 e. The van der Waals surface area contributed by atoms with Gasteiger partial charge in [0.2, 0.25) is 0 Å². The summed E-state index contributed by atoms with van der Waals surface area (Å²) < 4.78 is 0. The van der Waals surface area contributed by atoms with Crippen molar-refractivity contribution in [2.45, 2.75) is 13.8 Å². The number of hydrogen-bond donors (Lipinski definition) is 0. The first-order valence-electron chi connectivity index (χ1n) is 5.48. The molecule has 0 spiro atoms. The van der Waals surface area contributed by atoms with Crippen molar-refractivity contribution in [2.24, 2.45) is 0 Å². The van der Waals surface area contributed by atoms with Gasteiger partial charge in [-0.25, -0.2) is 0 Å². The predicted octanol–water partition coefficient (Wildman–Crippen LogP) is 2.48. The molecule has 16 heavy (non-hydrogen) atoms. The normalized spacial score (nSPS) is 10.9. The Labute approximate surface area is 99.4 Å². The zero-order chi connectivity index (χ0) is 11.4. The Kier molecular flexibility index (Phi) is 3.47. The lowest BCUT2D eigenvalue weighted by Crippen LogP contribution is -2.09. The predicted molar refractivity (Wildman–Crippen MR) is 72.9 cm³/mol. The van der Waals surface area contributed by atoms with Crippen molar-refractivity contribution < 1.29 is 0 Å². The fourth-order valence-corrected chi connectivity index (χ4v) is 2.90. The highest BCUT2D eigenvalue weighted by atomic mass is 28.2. The van der Waals surface area contributed by atoms with Gasteiger partial charge in [-0.2, -0.15) is 0 Å². The van der Waals surface area contributed by atoms with Crippen LogP contribution < -0.4 is 5.19 Å². The van der Waals surface area contributed by atoms with Crippen LogP contribution in [0.1, 0.15) is 16.7 Å². The van der Waals surface area contributed by atoms with Crippen LogP contribution in [0, 0.1) is 13.8 Å². The Morgan fingerprint density at radius 2 is 1.44 bits per heavy atom. The second-order valence-corrected chi connectivity index (χ2v) is 5.11. The monoisotopic (exact) mass is 223 g/mol. The lowest BCUT2D eigenvalue weighted by atomic mass is 10.1. The van der Waals surface area contributed by atoms with Crippen LogP contribution in [0.2, 0.25) is 0 Å². The van der Waals surface area contributed by atoms with E-state index in [0.29, 0.717) is 0 Å². The Hall–Kier alpha value is -1.47. The molecule has 0 amide bonds. The molecule has 0 N–H and O–H groups in total. The second-order valence-electron chi connectivity index (χ2n) is 3.96. The molecule has 79 valence electrons. The van der Waals surface area contributed by atoms with E-state index >= 15 is 0 Å². The number of aryl methyl sites for hydroxylation is 2. The summed E-state index contributed by atoms with van der Waals surface area (Å²) in [5.41, 5.74) is 6.47. The molecule has 0 aromatic heterocycles. The lowest BCUT2D eigenvalue weighted by molar-refractivity contribution is 1.37. The molecule has 1 heteroatoms. The largest absolute Gasteiger partial charge is 0.0689 e. The summed E-state index contributed by atoms with van der Waals surface area (Å²) in [5, 5.41) is 1.39. The van der Waals surface area contributed by atoms with E-state index in [4.69, 9.17) is 0 Å². The van der Waals surface area contributed by atoms with E-state index in [2.05, 4.69) is 68.1 Å². The molecular weight excluding hydrogens is 208 g/mol. The summed E-state index contributed by atoms with van der Waals surface area (Å²) in [6, 6.07) is 17.1. The number of benzene rings is 2. The standard InChI is InChI=1S/C15H15Si/c1-12-7-6-8-13(2)15(12)11-16-14-9-4-3-5-10-14/h3-11H,1-2H3. The van der Waals surface area contributed by atoms with E-state index in [1.165, 1.54) is 21.9 Å². The molecule has 2 aromatic carbocycles. The second kappa shape index (κ2) is 5.04. The maximum atomic E-state index is 2.35. The van der Waals surface area contributed by atoms with Crippen LogP contribution in [0.25, 0.3) is 0 Å². The minimum absolute atomic E-state index is 0.750. The van der Waals surface area contributed by atoms with Gasteiger partial charge in [-0.05, 0) is 35.7 Å².